The Kier molecular flexibility index (Phi) is 7.24. The highest BCUT2D eigenvalue weighted by Gasteiger charge is 2.28. The minimum atomic E-state index is -4.13. The average Bonchev–Trinajstić information content (AvgIpc) is 2.31. The van der Waals surface area contributed by atoms with E-state index in [-0.39, 0.29) is 29.7 Å². The van der Waals surface area contributed by atoms with Crippen LogP contribution < -0.4 is 15.8 Å². The maximum absolute atomic E-state index is 14.0. The van der Waals surface area contributed by atoms with Crippen molar-refractivity contribution in [2.24, 2.45) is 5.73 Å². The average molecular weight is 374 g/mol. The van der Waals surface area contributed by atoms with Gasteiger partial charge in [-0.15, -0.1) is 12.4 Å². The van der Waals surface area contributed by atoms with E-state index in [1.54, 1.807) is 13.8 Å². The van der Waals surface area contributed by atoms with Crippen LogP contribution in [-0.4, -0.2) is 26.4 Å². The molecule has 1 aromatic carbocycles. The lowest BCUT2D eigenvalue weighted by Gasteiger charge is -2.24. The molecule has 0 unspecified atom stereocenters. The molecule has 0 bridgehead atoms. The summed E-state index contributed by atoms with van der Waals surface area (Å²) in [7, 11) is -4.13. The molecule has 0 saturated heterocycles. The van der Waals surface area contributed by atoms with Gasteiger partial charge in [-0.05, 0) is 19.9 Å². The van der Waals surface area contributed by atoms with E-state index in [0.717, 1.165) is 12.1 Å². The molecule has 1 rings (SSSR count). The first-order valence-electron chi connectivity index (χ1n) is 5.99. The number of halogens is 3. The number of rotatable bonds is 5. The first kappa shape index (κ1) is 21.1. The number of nitrogens with one attached hydrogen (secondary N) is 2. The number of carbonyl (C=O) groups is 1. The Morgan fingerprint density at radius 1 is 1.41 bits per heavy atom. The van der Waals surface area contributed by atoms with Crippen molar-refractivity contribution < 1.29 is 17.6 Å². The van der Waals surface area contributed by atoms with Crippen LogP contribution in [0.15, 0.2) is 17.0 Å². The molecule has 0 radical (unpaired) electrons. The van der Waals surface area contributed by atoms with Crippen molar-refractivity contribution in [3.8, 4) is 0 Å². The first-order chi connectivity index (χ1) is 9.48. The number of anilines is 1. The van der Waals surface area contributed by atoms with Gasteiger partial charge in [0.25, 0.3) is 0 Å². The van der Waals surface area contributed by atoms with Crippen LogP contribution in [0.2, 0.25) is 5.02 Å². The molecule has 1 amide bonds. The number of sulfonamides is 1. The van der Waals surface area contributed by atoms with Crippen molar-refractivity contribution >= 4 is 45.6 Å². The summed E-state index contributed by atoms with van der Waals surface area (Å²) < 4.78 is 40.6. The zero-order valence-electron chi connectivity index (χ0n) is 12.2. The summed E-state index contributed by atoms with van der Waals surface area (Å²) in [6.45, 7) is 4.39. The van der Waals surface area contributed by atoms with E-state index in [2.05, 4.69) is 10.0 Å². The lowest BCUT2D eigenvalue weighted by molar-refractivity contribution is -0.114. The monoisotopic (exact) mass is 373 g/mol. The zero-order chi connectivity index (χ0) is 16.4. The van der Waals surface area contributed by atoms with Gasteiger partial charge in [0.05, 0.1) is 10.7 Å². The Bertz CT molecular complexity index is 666. The molecule has 6 nitrogen and oxygen atoms in total. The van der Waals surface area contributed by atoms with Gasteiger partial charge in [-0.2, -0.15) is 0 Å². The van der Waals surface area contributed by atoms with Crippen LogP contribution in [0.5, 0.6) is 0 Å². The third kappa shape index (κ3) is 5.36. The van der Waals surface area contributed by atoms with Crippen molar-refractivity contribution in [1.82, 2.24) is 4.72 Å². The Labute approximate surface area is 140 Å². The van der Waals surface area contributed by atoms with Crippen LogP contribution in [0.4, 0.5) is 10.1 Å². The molecular weight excluding hydrogens is 356 g/mol. The molecule has 0 aliphatic carbocycles. The molecule has 0 aromatic heterocycles. The largest absolute Gasteiger partial charge is 0.329 e. The Balaban J connectivity index is 0.00000441. The highest BCUT2D eigenvalue weighted by molar-refractivity contribution is 7.89. The van der Waals surface area contributed by atoms with Gasteiger partial charge in [-0.3, -0.25) is 4.79 Å². The standard InChI is InChI=1S/C12H17ClFN3O3S.ClH/c1-7(18)16-10-5-9(14)11(4-8(10)13)21(19,20)17-12(2,3)6-15;/h4-5,17H,6,15H2,1-3H3,(H,16,18);1H. The summed E-state index contributed by atoms with van der Waals surface area (Å²) in [4.78, 5) is 10.3. The lowest BCUT2D eigenvalue weighted by Crippen LogP contribution is -2.48. The van der Waals surface area contributed by atoms with Crippen LogP contribution in [0.1, 0.15) is 20.8 Å². The molecule has 0 aliphatic rings. The Hall–Kier alpha value is -0.930. The second-order valence-corrected chi connectivity index (χ2v) is 7.20. The molecular formula is C12H18Cl2FN3O3S. The van der Waals surface area contributed by atoms with E-state index < -0.39 is 32.2 Å². The summed E-state index contributed by atoms with van der Waals surface area (Å²) >= 11 is 5.86. The van der Waals surface area contributed by atoms with Gasteiger partial charge in [0.2, 0.25) is 15.9 Å². The van der Waals surface area contributed by atoms with E-state index in [0.29, 0.717) is 0 Å². The summed E-state index contributed by atoms with van der Waals surface area (Å²) in [5, 5.41) is 2.22. The van der Waals surface area contributed by atoms with Crippen molar-refractivity contribution in [3.63, 3.8) is 0 Å². The molecule has 22 heavy (non-hydrogen) atoms. The number of hydrogen-bond acceptors (Lipinski definition) is 4. The minimum absolute atomic E-state index is 0. The highest BCUT2D eigenvalue weighted by atomic mass is 35.5. The smallest absolute Gasteiger partial charge is 0.244 e. The lowest BCUT2D eigenvalue weighted by atomic mass is 10.1. The summed E-state index contributed by atoms with van der Waals surface area (Å²) in [5.41, 5.74) is 4.51. The van der Waals surface area contributed by atoms with Crippen LogP contribution in [0.3, 0.4) is 0 Å². The predicted molar refractivity (Wildman–Crippen MR) is 86.4 cm³/mol. The maximum atomic E-state index is 14.0. The molecule has 1 aromatic rings. The molecule has 0 atom stereocenters. The number of carbonyl (C=O) groups excluding carboxylic acids is 1. The second kappa shape index (κ2) is 7.56. The fourth-order valence-electron chi connectivity index (χ4n) is 1.48. The van der Waals surface area contributed by atoms with Gasteiger partial charge >= 0.3 is 0 Å². The Morgan fingerprint density at radius 2 is 1.95 bits per heavy atom. The van der Waals surface area contributed by atoms with Gasteiger partial charge < -0.3 is 11.1 Å². The quantitative estimate of drug-likeness (QED) is 0.732. The van der Waals surface area contributed by atoms with Crippen molar-refractivity contribution in [2.75, 3.05) is 11.9 Å². The maximum Gasteiger partial charge on any atom is 0.244 e. The molecule has 10 heteroatoms. The topological polar surface area (TPSA) is 101 Å². The number of hydrogen-bond donors (Lipinski definition) is 3. The first-order valence-corrected chi connectivity index (χ1v) is 7.85. The van der Waals surface area contributed by atoms with E-state index in [1.807, 2.05) is 0 Å². The van der Waals surface area contributed by atoms with Gasteiger partial charge in [-0.1, -0.05) is 11.6 Å². The van der Waals surface area contributed by atoms with E-state index in [9.17, 15) is 17.6 Å². The van der Waals surface area contributed by atoms with Crippen molar-refractivity contribution in [3.05, 3.63) is 23.0 Å². The SMILES string of the molecule is CC(=O)Nc1cc(F)c(S(=O)(=O)NC(C)(C)CN)cc1Cl.Cl. The minimum Gasteiger partial charge on any atom is -0.329 e. The molecule has 0 fully saturated rings. The van der Waals surface area contributed by atoms with E-state index >= 15 is 0 Å². The zero-order valence-corrected chi connectivity index (χ0v) is 14.6. The van der Waals surface area contributed by atoms with Crippen molar-refractivity contribution in [2.45, 2.75) is 31.2 Å². The van der Waals surface area contributed by atoms with E-state index in [1.165, 1.54) is 6.92 Å². The fraction of sp³-hybridized carbons (Fsp3) is 0.417. The number of amides is 1. The third-order valence-electron chi connectivity index (χ3n) is 2.54. The molecule has 0 heterocycles. The Morgan fingerprint density at radius 3 is 2.41 bits per heavy atom. The van der Waals surface area contributed by atoms with Crippen LogP contribution in [-0.2, 0) is 14.8 Å². The van der Waals surface area contributed by atoms with E-state index in [4.69, 9.17) is 17.3 Å². The van der Waals surface area contributed by atoms with Gasteiger partial charge in [-0.25, -0.2) is 17.5 Å². The predicted octanol–water partition coefficient (Wildman–Crippen LogP) is 1.87. The third-order valence-corrected chi connectivity index (χ3v) is 4.57. The van der Waals surface area contributed by atoms with Crippen LogP contribution >= 0.6 is 24.0 Å². The molecule has 126 valence electrons. The molecule has 0 aliphatic heterocycles. The van der Waals surface area contributed by atoms with Gasteiger partial charge in [0.15, 0.2) is 0 Å². The highest BCUT2D eigenvalue weighted by Crippen LogP contribution is 2.28. The summed E-state index contributed by atoms with van der Waals surface area (Å²) in [5.74, 6) is -1.47. The second-order valence-electron chi connectivity index (χ2n) is 5.14. The van der Waals surface area contributed by atoms with Crippen LogP contribution in [0, 0.1) is 5.82 Å². The van der Waals surface area contributed by atoms with Crippen molar-refractivity contribution in [1.29, 1.82) is 0 Å². The number of nitrogens with two attached hydrogens (primary N) is 1. The molecule has 0 saturated carbocycles. The molecule has 4 N–H and O–H groups in total. The summed E-state index contributed by atoms with van der Waals surface area (Å²) in [6, 6.07) is 1.80. The fourth-order valence-corrected chi connectivity index (χ4v) is 3.27. The summed E-state index contributed by atoms with van der Waals surface area (Å²) in [6.07, 6.45) is 0. The number of benzene rings is 1. The van der Waals surface area contributed by atoms with Crippen LogP contribution in [0.25, 0.3) is 0 Å². The normalized spacial score (nSPS) is 11.7. The van der Waals surface area contributed by atoms with Gasteiger partial charge in [0.1, 0.15) is 10.7 Å². The van der Waals surface area contributed by atoms with Gasteiger partial charge in [0, 0.05) is 25.1 Å². The molecule has 0 spiro atoms.